The fourth-order valence-corrected chi connectivity index (χ4v) is 3.40. The summed E-state index contributed by atoms with van der Waals surface area (Å²) in [6.45, 7) is 3.65. The van der Waals surface area contributed by atoms with Gasteiger partial charge >= 0.3 is 5.97 Å². The molecule has 0 amide bonds. The maximum atomic E-state index is 11.5. The van der Waals surface area contributed by atoms with Gasteiger partial charge in [0.2, 0.25) is 0 Å². The SMILES string of the molecule is C=CC(=O)OCCCCCCCCCCCCCCCCCCC(=O)[C@@H](N)CO. The van der Waals surface area contributed by atoms with E-state index in [9.17, 15) is 9.59 Å². The van der Waals surface area contributed by atoms with E-state index in [0.717, 1.165) is 25.7 Å². The summed E-state index contributed by atoms with van der Waals surface area (Å²) in [5, 5.41) is 8.82. The molecule has 3 N–H and O–H groups in total. The van der Waals surface area contributed by atoms with Gasteiger partial charge in [-0.1, -0.05) is 96.5 Å². The quantitative estimate of drug-likeness (QED) is 0.144. The van der Waals surface area contributed by atoms with Crippen LogP contribution in [0.1, 0.15) is 109 Å². The first kappa shape index (κ1) is 27.8. The second kappa shape index (κ2) is 21.5. The van der Waals surface area contributed by atoms with Gasteiger partial charge in [-0.05, 0) is 12.8 Å². The van der Waals surface area contributed by atoms with Crippen LogP contribution >= 0.6 is 0 Å². The second-order valence-electron chi connectivity index (χ2n) is 8.03. The van der Waals surface area contributed by atoms with Crippen molar-refractivity contribution in [3.05, 3.63) is 12.7 Å². The van der Waals surface area contributed by atoms with E-state index in [4.69, 9.17) is 15.6 Å². The first-order chi connectivity index (χ1) is 14.1. The first-order valence-corrected chi connectivity index (χ1v) is 11.8. The normalized spacial score (nSPS) is 11.9. The number of aliphatic hydroxyl groups is 1. The minimum atomic E-state index is -0.685. The molecule has 0 bridgehead atoms. The van der Waals surface area contributed by atoms with Gasteiger partial charge < -0.3 is 15.6 Å². The summed E-state index contributed by atoms with van der Waals surface area (Å²) < 4.78 is 4.95. The maximum Gasteiger partial charge on any atom is 0.330 e. The number of esters is 1. The molecular formula is C24H45NO4. The highest BCUT2D eigenvalue weighted by molar-refractivity contribution is 5.83. The largest absolute Gasteiger partial charge is 0.463 e. The number of ether oxygens (including phenoxy) is 1. The van der Waals surface area contributed by atoms with Crippen LogP contribution in [0, 0.1) is 0 Å². The van der Waals surface area contributed by atoms with Gasteiger partial charge in [0, 0.05) is 12.5 Å². The number of hydrogen-bond donors (Lipinski definition) is 2. The Morgan fingerprint density at radius 3 is 1.52 bits per heavy atom. The Morgan fingerprint density at radius 2 is 1.14 bits per heavy atom. The van der Waals surface area contributed by atoms with Crippen LogP contribution < -0.4 is 5.73 Å². The molecule has 1 atom stereocenters. The summed E-state index contributed by atoms with van der Waals surface area (Å²) in [6.07, 6.45) is 21.4. The molecule has 5 heteroatoms. The molecule has 0 aromatic heterocycles. The molecule has 0 aliphatic heterocycles. The number of nitrogens with two attached hydrogens (primary N) is 1. The van der Waals surface area contributed by atoms with Crippen LogP contribution in [0.4, 0.5) is 0 Å². The van der Waals surface area contributed by atoms with E-state index >= 15 is 0 Å². The van der Waals surface area contributed by atoms with E-state index < -0.39 is 6.04 Å². The van der Waals surface area contributed by atoms with Crippen molar-refractivity contribution in [3.8, 4) is 0 Å². The van der Waals surface area contributed by atoms with Crippen molar-refractivity contribution in [2.45, 2.75) is 115 Å². The molecule has 0 aromatic rings. The smallest absolute Gasteiger partial charge is 0.330 e. The number of aliphatic hydroxyl groups excluding tert-OH is 1. The Labute approximate surface area is 178 Å². The molecule has 0 aliphatic carbocycles. The van der Waals surface area contributed by atoms with Crippen molar-refractivity contribution in [2.75, 3.05) is 13.2 Å². The number of ketones is 1. The number of carbonyl (C=O) groups is 2. The molecule has 0 aromatic carbocycles. The molecule has 0 aliphatic rings. The zero-order valence-corrected chi connectivity index (χ0v) is 18.5. The Bertz CT molecular complexity index is 412. The number of hydrogen-bond acceptors (Lipinski definition) is 5. The van der Waals surface area contributed by atoms with Crippen LogP contribution in [0.3, 0.4) is 0 Å². The lowest BCUT2D eigenvalue weighted by molar-refractivity contribution is -0.137. The van der Waals surface area contributed by atoms with Crippen molar-refractivity contribution in [1.29, 1.82) is 0 Å². The van der Waals surface area contributed by atoms with Crippen LogP contribution in [-0.2, 0) is 14.3 Å². The molecular weight excluding hydrogens is 366 g/mol. The number of rotatable bonds is 22. The molecule has 0 spiro atoms. The molecule has 5 nitrogen and oxygen atoms in total. The lowest BCUT2D eigenvalue weighted by atomic mass is 10.0. The molecule has 0 radical (unpaired) electrons. The van der Waals surface area contributed by atoms with Crippen molar-refractivity contribution in [1.82, 2.24) is 0 Å². The highest BCUT2D eigenvalue weighted by Crippen LogP contribution is 2.14. The zero-order valence-electron chi connectivity index (χ0n) is 18.5. The molecule has 0 fully saturated rings. The predicted octanol–water partition coefficient (Wildman–Crippen LogP) is 5.24. The van der Waals surface area contributed by atoms with Gasteiger partial charge in [0.15, 0.2) is 5.78 Å². The molecule has 0 rings (SSSR count). The van der Waals surface area contributed by atoms with Gasteiger partial charge in [-0.3, -0.25) is 4.79 Å². The highest BCUT2D eigenvalue weighted by atomic mass is 16.5. The Hall–Kier alpha value is -1.20. The standard InChI is InChI=1S/C24H45NO4/c1-2-24(28)29-20-18-16-14-12-10-8-6-4-3-5-7-9-11-13-15-17-19-23(27)22(25)21-26/h2,22,26H,1,3-21,25H2/t22-/m0/s1. The fraction of sp³-hybridized carbons (Fsp3) is 0.833. The van der Waals surface area contributed by atoms with Gasteiger partial charge in [0.25, 0.3) is 0 Å². The Kier molecular flexibility index (Phi) is 20.6. The maximum absolute atomic E-state index is 11.5. The van der Waals surface area contributed by atoms with E-state index in [1.54, 1.807) is 0 Å². The average Bonchev–Trinajstić information content (AvgIpc) is 2.74. The van der Waals surface area contributed by atoms with Crippen molar-refractivity contribution < 1.29 is 19.4 Å². The monoisotopic (exact) mass is 411 g/mol. The van der Waals surface area contributed by atoms with E-state index in [-0.39, 0.29) is 18.4 Å². The van der Waals surface area contributed by atoms with Gasteiger partial charge in [-0.15, -0.1) is 0 Å². The van der Waals surface area contributed by atoms with Gasteiger partial charge in [-0.25, -0.2) is 4.79 Å². The summed E-state index contributed by atoms with van der Waals surface area (Å²) in [5.74, 6) is -0.336. The van der Waals surface area contributed by atoms with Crippen molar-refractivity contribution >= 4 is 11.8 Å². The lowest BCUT2D eigenvalue weighted by Crippen LogP contribution is -2.33. The van der Waals surface area contributed by atoms with Crippen LogP contribution in [0.2, 0.25) is 0 Å². The third-order valence-electron chi connectivity index (χ3n) is 5.34. The topological polar surface area (TPSA) is 89.6 Å². The van der Waals surface area contributed by atoms with Crippen molar-refractivity contribution in [3.63, 3.8) is 0 Å². The molecule has 0 heterocycles. The average molecular weight is 412 g/mol. The van der Waals surface area contributed by atoms with E-state index in [1.165, 1.54) is 83.1 Å². The number of unbranched alkanes of at least 4 members (excludes halogenated alkanes) is 15. The predicted molar refractivity (Wildman–Crippen MR) is 120 cm³/mol. The molecule has 0 saturated heterocycles. The zero-order chi connectivity index (χ0) is 21.6. The summed E-state index contributed by atoms with van der Waals surface area (Å²) >= 11 is 0. The van der Waals surface area contributed by atoms with Crippen molar-refractivity contribution in [2.24, 2.45) is 5.73 Å². The fourth-order valence-electron chi connectivity index (χ4n) is 3.40. The summed E-state index contributed by atoms with van der Waals surface area (Å²) in [6, 6.07) is -0.685. The van der Waals surface area contributed by atoms with Gasteiger partial charge in [0.1, 0.15) is 0 Å². The second-order valence-corrected chi connectivity index (χ2v) is 8.03. The molecule has 0 saturated carbocycles. The number of carbonyl (C=O) groups excluding carboxylic acids is 2. The summed E-state index contributed by atoms with van der Waals surface area (Å²) in [4.78, 5) is 22.3. The lowest BCUT2D eigenvalue weighted by Gasteiger charge is -2.06. The molecule has 29 heavy (non-hydrogen) atoms. The minimum Gasteiger partial charge on any atom is -0.463 e. The van der Waals surface area contributed by atoms with Crippen LogP contribution in [-0.4, -0.2) is 36.1 Å². The van der Waals surface area contributed by atoms with E-state index in [1.807, 2.05) is 0 Å². The first-order valence-electron chi connectivity index (χ1n) is 11.8. The van der Waals surface area contributed by atoms with Crippen LogP contribution in [0.5, 0.6) is 0 Å². The van der Waals surface area contributed by atoms with Crippen LogP contribution in [0.15, 0.2) is 12.7 Å². The minimum absolute atomic E-state index is 0.0148. The van der Waals surface area contributed by atoms with E-state index in [0.29, 0.717) is 13.0 Å². The number of Topliss-reactive ketones (excluding diaryl/α,β-unsaturated/α-hetero) is 1. The summed E-state index contributed by atoms with van der Waals surface area (Å²) in [5.41, 5.74) is 5.49. The Balaban J connectivity index is 3.13. The van der Waals surface area contributed by atoms with Gasteiger partial charge in [0.05, 0.1) is 19.3 Å². The third kappa shape index (κ3) is 19.9. The molecule has 170 valence electrons. The van der Waals surface area contributed by atoms with Crippen LogP contribution in [0.25, 0.3) is 0 Å². The third-order valence-corrected chi connectivity index (χ3v) is 5.34. The van der Waals surface area contributed by atoms with Gasteiger partial charge in [-0.2, -0.15) is 0 Å². The van der Waals surface area contributed by atoms with E-state index in [2.05, 4.69) is 6.58 Å². The molecule has 0 unspecified atom stereocenters. The highest BCUT2D eigenvalue weighted by Gasteiger charge is 2.10. The Morgan fingerprint density at radius 1 is 0.759 bits per heavy atom. The summed E-state index contributed by atoms with van der Waals surface area (Å²) in [7, 11) is 0.